The van der Waals surface area contributed by atoms with Gasteiger partial charge >= 0.3 is 11.9 Å². The predicted molar refractivity (Wildman–Crippen MR) is 81.7 cm³/mol. The Morgan fingerprint density at radius 1 is 1.18 bits per heavy atom. The molecule has 0 amide bonds. The van der Waals surface area contributed by atoms with Crippen LogP contribution in [0.4, 0.5) is 0 Å². The van der Waals surface area contributed by atoms with Crippen LogP contribution in [0.15, 0.2) is 30.3 Å². The zero-order valence-corrected chi connectivity index (χ0v) is 12.9. The number of benzene rings is 1. The number of carboxylic acid groups (broad SMARTS) is 2. The smallest absolute Gasteiger partial charge is 0.303 e. The van der Waals surface area contributed by atoms with E-state index in [4.69, 9.17) is 14.9 Å². The monoisotopic (exact) mass is 309 g/mol. The maximum Gasteiger partial charge on any atom is 0.303 e. The molecule has 0 spiro atoms. The fourth-order valence-electron chi connectivity index (χ4n) is 2.13. The van der Waals surface area contributed by atoms with Crippen molar-refractivity contribution in [3.05, 3.63) is 35.9 Å². The lowest BCUT2D eigenvalue weighted by atomic mass is 10.0. The van der Waals surface area contributed by atoms with E-state index in [1.54, 1.807) is 0 Å². The first kappa shape index (κ1) is 18.1. The SMILES string of the molecule is C[C@H]1[C@H](c2ccccc2)OCCN1C.O=C(O)CCC(=O)O. The number of nitrogens with zero attached hydrogens (tertiary/aromatic N) is 1. The molecule has 1 heterocycles. The highest BCUT2D eigenvalue weighted by atomic mass is 16.5. The number of likely N-dealkylation sites (N-methyl/N-ethyl adjacent to an activating group) is 1. The minimum absolute atomic E-state index is 0.231. The van der Waals surface area contributed by atoms with Crippen LogP contribution < -0.4 is 0 Å². The summed E-state index contributed by atoms with van der Waals surface area (Å²) in [6, 6.07) is 10.9. The van der Waals surface area contributed by atoms with Gasteiger partial charge in [0.2, 0.25) is 0 Å². The lowest BCUT2D eigenvalue weighted by molar-refractivity contribution is -0.143. The number of aliphatic carboxylic acids is 2. The highest BCUT2D eigenvalue weighted by Gasteiger charge is 2.27. The number of carbonyl (C=O) groups is 2. The molecule has 0 radical (unpaired) electrons. The Balaban J connectivity index is 0.000000261. The van der Waals surface area contributed by atoms with Gasteiger partial charge in [0.05, 0.1) is 25.6 Å². The average Bonchev–Trinajstić information content (AvgIpc) is 2.49. The molecule has 0 aliphatic carbocycles. The van der Waals surface area contributed by atoms with Crippen molar-refractivity contribution < 1.29 is 24.5 Å². The number of hydrogen-bond acceptors (Lipinski definition) is 4. The van der Waals surface area contributed by atoms with Crippen LogP contribution in [-0.2, 0) is 14.3 Å². The van der Waals surface area contributed by atoms with E-state index in [1.165, 1.54) is 5.56 Å². The molecule has 0 bridgehead atoms. The molecular formula is C16H23NO5. The fourth-order valence-corrected chi connectivity index (χ4v) is 2.13. The summed E-state index contributed by atoms with van der Waals surface area (Å²) in [5, 5.41) is 15.8. The van der Waals surface area contributed by atoms with Gasteiger partial charge in [-0.05, 0) is 19.5 Å². The van der Waals surface area contributed by atoms with Gasteiger partial charge in [-0.25, -0.2) is 0 Å². The molecule has 22 heavy (non-hydrogen) atoms. The van der Waals surface area contributed by atoms with Crippen LogP contribution in [0.2, 0.25) is 0 Å². The molecule has 1 fully saturated rings. The molecule has 1 saturated heterocycles. The number of ether oxygens (including phenoxy) is 1. The summed E-state index contributed by atoms with van der Waals surface area (Å²) in [6.07, 6.45) is -0.361. The Labute approximate surface area is 130 Å². The summed E-state index contributed by atoms with van der Waals surface area (Å²) < 4.78 is 5.80. The third kappa shape index (κ3) is 6.24. The Hall–Kier alpha value is -1.92. The molecule has 1 aliphatic rings. The van der Waals surface area contributed by atoms with Crippen LogP contribution in [0, 0.1) is 0 Å². The van der Waals surface area contributed by atoms with Gasteiger partial charge < -0.3 is 14.9 Å². The Bertz CT molecular complexity index is 463. The first-order chi connectivity index (χ1) is 10.4. The predicted octanol–water partition coefficient (Wildman–Crippen LogP) is 2.01. The van der Waals surface area contributed by atoms with Crippen LogP contribution in [0.3, 0.4) is 0 Å². The quantitative estimate of drug-likeness (QED) is 0.885. The van der Waals surface area contributed by atoms with E-state index in [9.17, 15) is 9.59 Å². The summed E-state index contributed by atoms with van der Waals surface area (Å²) in [6.45, 7) is 4.09. The molecule has 1 aliphatic heterocycles. The molecule has 1 aromatic rings. The summed E-state index contributed by atoms with van der Waals surface area (Å²) in [7, 11) is 2.16. The normalized spacial score (nSPS) is 21.5. The molecular weight excluding hydrogens is 286 g/mol. The zero-order valence-electron chi connectivity index (χ0n) is 12.9. The third-order valence-corrected chi connectivity index (χ3v) is 3.56. The lowest BCUT2D eigenvalue weighted by Crippen LogP contribution is -2.42. The van der Waals surface area contributed by atoms with Crippen molar-refractivity contribution in [3.63, 3.8) is 0 Å². The maximum absolute atomic E-state index is 9.64. The van der Waals surface area contributed by atoms with Gasteiger partial charge in [0.1, 0.15) is 0 Å². The maximum atomic E-state index is 9.64. The molecule has 0 unspecified atom stereocenters. The topological polar surface area (TPSA) is 87.1 Å². The number of morpholine rings is 1. The van der Waals surface area contributed by atoms with Crippen molar-refractivity contribution in [1.29, 1.82) is 0 Å². The first-order valence-corrected chi connectivity index (χ1v) is 7.22. The van der Waals surface area contributed by atoms with E-state index in [0.29, 0.717) is 6.04 Å². The van der Waals surface area contributed by atoms with E-state index >= 15 is 0 Å². The summed E-state index contributed by atoms with van der Waals surface area (Å²) >= 11 is 0. The van der Waals surface area contributed by atoms with E-state index in [2.05, 4.69) is 43.1 Å². The standard InChI is InChI=1S/C12H17NO.C4H6O4/c1-10-12(14-9-8-13(10)2)11-6-4-3-5-7-11;5-3(6)1-2-4(7)8/h3-7,10,12H,8-9H2,1-2H3;1-2H2,(H,5,6)(H,7,8)/t10-,12+;/m0./s1. The van der Waals surface area contributed by atoms with Gasteiger partial charge in [0.25, 0.3) is 0 Å². The number of carboxylic acids is 2. The molecule has 2 N–H and O–H groups in total. The number of hydrogen-bond donors (Lipinski definition) is 2. The molecule has 122 valence electrons. The van der Waals surface area contributed by atoms with Gasteiger partial charge in [0.15, 0.2) is 0 Å². The largest absolute Gasteiger partial charge is 0.481 e. The average molecular weight is 309 g/mol. The molecule has 0 saturated carbocycles. The summed E-state index contributed by atoms with van der Waals surface area (Å²) in [4.78, 5) is 21.6. The Morgan fingerprint density at radius 3 is 2.23 bits per heavy atom. The van der Waals surface area contributed by atoms with Crippen LogP contribution in [0.1, 0.15) is 31.4 Å². The molecule has 2 rings (SSSR count). The van der Waals surface area contributed by atoms with E-state index in [1.807, 2.05) is 6.07 Å². The van der Waals surface area contributed by atoms with Gasteiger partial charge in [-0.15, -0.1) is 0 Å². The third-order valence-electron chi connectivity index (χ3n) is 3.56. The van der Waals surface area contributed by atoms with E-state index < -0.39 is 11.9 Å². The van der Waals surface area contributed by atoms with Crippen molar-refractivity contribution in [2.45, 2.75) is 31.9 Å². The van der Waals surface area contributed by atoms with Crippen LogP contribution in [0.5, 0.6) is 0 Å². The van der Waals surface area contributed by atoms with E-state index in [0.717, 1.165) is 13.2 Å². The fraction of sp³-hybridized carbons (Fsp3) is 0.500. The molecule has 6 nitrogen and oxygen atoms in total. The second-order valence-electron chi connectivity index (χ2n) is 5.21. The molecule has 2 atom stereocenters. The Morgan fingerprint density at radius 2 is 1.73 bits per heavy atom. The van der Waals surface area contributed by atoms with Crippen LogP contribution in [-0.4, -0.2) is 53.3 Å². The van der Waals surface area contributed by atoms with Crippen molar-refractivity contribution in [2.24, 2.45) is 0 Å². The minimum Gasteiger partial charge on any atom is -0.481 e. The molecule has 0 aromatic heterocycles. The van der Waals surface area contributed by atoms with Crippen molar-refractivity contribution in [2.75, 3.05) is 20.2 Å². The second kappa shape index (κ2) is 9.17. The second-order valence-corrected chi connectivity index (χ2v) is 5.21. The highest BCUT2D eigenvalue weighted by Crippen LogP contribution is 2.26. The van der Waals surface area contributed by atoms with Gasteiger partial charge in [-0.1, -0.05) is 30.3 Å². The highest BCUT2D eigenvalue weighted by molar-refractivity contribution is 5.75. The zero-order chi connectivity index (χ0) is 16.5. The van der Waals surface area contributed by atoms with Gasteiger partial charge in [-0.3, -0.25) is 14.5 Å². The van der Waals surface area contributed by atoms with Crippen LogP contribution in [0.25, 0.3) is 0 Å². The minimum atomic E-state index is -1.08. The van der Waals surface area contributed by atoms with Crippen LogP contribution >= 0.6 is 0 Å². The lowest BCUT2D eigenvalue weighted by Gasteiger charge is -2.37. The summed E-state index contributed by atoms with van der Waals surface area (Å²) in [5.41, 5.74) is 1.28. The number of rotatable bonds is 4. The van der Waals surface area contributed by atoms with E-state index in [-0.39, 0.29) is 18.9 Å². The van der Waals surface area contributed by atoms with Gasteiger partial charge in [-0.2, -0.15) is 0 Å². The Kier molecular flexibility index (Phi) is 7.56. The molecule has 6 heteroatoms. The van der Waals surface area contributed by atoms with Crippen molar-refractivity contribution >= 4 is 11.9 Å². The van der Waals surface area contributed by atoms with Gasteiger partial charge in [0, 0.05) is 12.6 Å². The summed E-state index contributed by atoms with van der Waals surface area (Å²) in [5.74, 6) is -2.15. The van der Waals surface area contributed by atoms with Crippen molar-refractivity contribution in [3.8, 4) is 0 Å². The first-order valence-electron chi connectivity index (χ1n) is 7.22. The van der Waals surface area contributed by atoms with Crippen molar-refractivity contribution in [1.82, 2.24) is 4.90 Å². The molecule has 1 aromatic carbocycles.